The summed E-state index contributed by atoms with van der Waals surface area (Å²) in [6, 6.07) is 20.0. The minimum absolute atomic E-state index is 0.0126. The highest BCUT2D eigenvalue weighted by molar-refractivity contribution is 7.89. The first-order valence-corrected chi connectivity index (χ1v) is 15.7. The van der Waals surface area contributed by atoms with Crippen molar-refractivity contribution in [2.24, 2.45) is 0 Å². The molecule has 0 bridgehead atoms. The lowest BCUT2D eigenvalue weighted by atomic mass is 9.94. The van der Waals surface area contributed by atoms with E-state index >= 15 is 0 Å². The number of aryl methyl sites for hydroxylation is 1. The number of amides is 1. The Hall–Kier alpha value is -4.55. The highest BCUT2D eigenvalue weighted by Crippen LogP contribution is 2.31. The Labute approximate surface area is 265 Å². The molecule has 0 aliphatic heterocycles. The lowest BCUT2D eigenvalue weighted by Crippen LogP contribution is -2.37. The fraction of sp³-hybridized carbons (Fsp3) is 0.333. The third kappa shape index (κ3) is 8.14. The molecule has 4 aromatic carbocycles. The molecular weight excluding hydrogens is 598 g/mol. The predicted molar refractivity (Wildman–Crippen MR) is 172 cm³/mol. The second kappa shape index (κ2) is 14.0. The number of nitro groups is 1. The number of nitrogens with zero attached hydrogens (tertiary/aromatic N) is 2. The molecule has 0 atom stereocenters. The number of hydrogen-bond donors (Lipinski definition) is 1. The molecule has 0 aliphatic rings. The summed E-state index contributed by atoms with van der Waals surface area (Å²) < 4.78 is 57.0. The summed E-state index contributed by atoms with van der Waals surface area (Å²) >= 11 is 0. The molecular formula is C33H37N3O8S. The molecule has 45 heavy (non-hydrogen) atoms. The van der Waals surface area contributed by atoms with Gasteiger partial charge in [0, 0.05) is 28.4 Å². The van der Waals surface area contributed by atoms with Crippen molar-refractivity contribution in [1.82, 2.24) is 9.62 Å². The van der Waals surface area contributed by atoms with Crippen LogP contribution in [-0.4, -0.2) is 62.1 Å². The van der Waals surface area contributed by atoms with Crippen LogP contribution in [0.1, 0.15) is 52.2 Å². The summed E-state index contributed by atoms with van der Waals surface area (Å²) in [5.74, 6) is -0.888. The summed E-state index contributed by atoms with van der Waals surface area (Å²) in [6.07, 6.45) is -2.99. The number of rotatable bonds is 12. The molecule has 11 nitrogen and oxygen atoms in total. The first-order valence-electron chi connectivity index (χ1n) is 15.3. The van der Waals surface area contributed by atoms with Crippen LogP contribution in [0.25, 0.3) is 21.5 Å². The topological polar surface area (TPSA) is 145 Å². The van der Waals surface area contributed by atoms with E-state index in [1.807, 2.05) is 54.6 Å². The van der Waals surface area contributed by atoms with E-state index in [1.165, 1.54) is 0 Å². The van der Waals surface area contributed by atoms with Crippen molar-refractivity contribution in [2.75, 3.05) is 26.7 Å². The standard InChI is InChI=1S/C33H37N3O8S/c1-33(2,3)44-32(38)34-18-10-20-35(45(41,42)30-17-16-25(31(37)43-4)22-29(30)36(39)40)19-9-15-28-26-13-7-5-11-23(26)21-24-12-6-8-14-27(24)28/h5-8,11-14,16-17,21-22H,9-10,15,18-20H2,1-4H3,(H,34,38)/i9D2. The van der Waals surface area contributed by atoms with Gasteiger partial charge in [0.2, 0.25) is 10.0 Å². The highest BCUT2D eigenvalue weighted by atomic mass is 32.2. The van der Waals surface area contributed by atoms with Crippen LogP contribution < -0.4 is 5.32 Å². The molecule has 0 saturated carbocycles. The van der Waals surface area contributed by atoms with E-state index in [1.54, 1.807) is 20.8 Å². The van der Waals surface area contributed by atoms with Crippen LogP contribution in [0, 0.1) is 10.1 Å². The summed E-state index contributed by atoms with van der Waals surface area (Å²) in [6.45, 7) is 4.13. The fourth-order valence-corrected chi connectivity index (χ4v) is 6.46. The molecule has 0 radical (unpaired) electrons. The molecule has 4 rings (SSSR count). The molecule has 238 valence electrons. The Balaban J connectivity index is 1.71. The Bertz CT molecular complexity index is 1870. The van der Waals surface area contributed by atoms with E-state index in [2.05, 4.69) is 10.1 Å². The quantitative estimate of drug-likeness (QED) is 0.0633. The number of hydrogen-bond acceptors (Lipinski definition) is 8. The molecule has 0 spiro atoms. The number of ether oxygens (including phenoxy) is 2. The number of esters is 1. The van der Waals surface area contributed by atoms with Crippen molar-refractivity contribution in [3.63, 3.8) is 0 Å². The van der Waals surface area contributed by atoms with Crippen LogP contribution in [0.2, 0.25) is 0 Å². The maximum Gasteiger partial charge on any atom is 0.407 e. The van der Waals surface area contributed by atoms with Gasteiger partial charge < -0.3 is 14.8 Å². The Morgan fingerprint density at radius 2 is 1.60 bits per heavy atom. The summed E-state index contributed by atoms with van der Waals surface area (Å²) in [5, 5.41) is 18.0. The van der Waals surface area contributed by atoms with Crippen LogP contribution in [-0.2, 0) is 25.9 Å². The zero-order valence-electron chi connectivity index (χ0n) is 27.5. The highest BCUT2D eigenvalue weighted by Gasteiger charge is 2.32. The van der Waals surface area contributed by atoms with Crippen molar-refractivity contribution in [3.8, 4) is 0 Å². The van der Waals surface area contributed by atoms with Gasteiger partial charge in [-0.05, 0) is 85.3 Å². The third-order valence-corrected chi connectivity index (χ3v) is 8.81. The van der Waals surface area contributed by atoms with Gasteiger partial charge in [-0.3, -0.25) is 10.1 Å². The summed E-state index contributed by atoms with van der Waals surface area (Å²) in [5.41, 5.74) is -1.13. The van der Waals surface area contributed by atoms with Gasteiger partial charge in [0.25, 0.3) is 5.69 Å². The van der Waals surface area contributed by atoms with Crippen molar-refractivity contribution in [3.05, 3.63) is 94.0 Å². The summed E-state index contributed by atoms with van der Waals surface area (Å²) in [7, 11) is -3.62. The fourth-order valence-electron chi connectivity index (χ4n) is 4.91. The van der Waals surface area contributed by atoms with Crippen LogP contribution in [0.5, 0.6) is 0 Å². The molecule has 12 heteroatoms. The first kappa shape index (κ1) is 30.5. The number of benzene rings is 4. The Kier molecular flexibility index (Phi) is 9.51. The maximum absolute atomic E-state index is 14.1. The molecule has 0 heterocycles. The van der Waals surface area contributed by atoms with Gasteiger partial charge in [0.1, 0.15) is 5.60 Å². The van der Waals surface area contributed by atoms with Gasteiger partial charge >= 0.3 is 12.1 Å². The third-order valence-electron chi connectivity index (χ3n) is 6.92. The molecule has 0 saturated heterocycles. The van der Waals surface area contributed by atoms with E-state index < -0.39 is 56.1 Å². The molecule has 1 amide bonds. The first-order chi connectivity index (χ1) is 22.0. The molecule has 0 aliphatic carbocycles. The smallest absolute Gasteiger partial charge is 0.407 e. The zero-order chi connectivity index (χ0) is 34.6. The van der Waals surface area contributed by atoms with Crippen molar-refractivity contribution < 1.29 is 35.1 Å². The number of carbonyl (C=O) groups is 2. The number of nitrogens with one attached hydrogen (secondary N) is 1. The number of alkyl carbamates (subject to hydrolysis) is 1. The largest absolute Gasteiger partial charge is 0.465 e. The van der Waals surface area contributed by atoms with E-state index in [4.69, 9.17) is 7.48 Å². The molecule has 1 N–H and O–H groups in total. The maximum atomic E-state index is 14.1. The van der Waals surface area contributed by atoms with Crippen LogP contribution in [0.4, 0.5) is 10.5 Å². The Morgan fingerprint density at radius 3 is 2.18 bits per heavy atom. The monoisotopic (exact) mass is 637 g/mol. The zero-order valence-corrected chi connectivity index (χ0v) is 26.3. The van der Waals surface area contributed by atoms with Crippen LogP contribution >= 0.6 is 0 Å². The number of sulfonamides is 1. The van der Waals surface area contributed by atoms with Crippen LogP contribution in [0.15, 0.2) is 77.7 Å². The minimum Gasteiger partial charge on any atom is -0.465 e. The van der Waals surface area contributed by atoms with Gasteiger partial charge in [-0.15, -0.1) is 0 Å². The number of nitro benzene ring substituents is 1. The number of carbonyl (C=O) groups excluding carboxylic acids is 2. The predicted octanol–water partition coefficient (Wildman–Crippen LogP) is 6.23. The minimum atomic E-state index is -4.71. The van der Waals surface area contributed by atoms with E-state index in [0.29, 0.717) is 5.56 Å². The van der Waals surface area contributed by atoms with E-state index in [-0.39, 0.29) is 31.5 Å². The van der Waals surface area contributed by atoms with Gasteiger partial charge in [0.15, 0.2) is 4.90 Å². The molecule has 0 aromatic heterocycles. The van der Waals surface area contributed by atoms with Crippen molar-refractivity contribution >= 4 is 49.3 Å². The average Bonchev–Trinajstić information content (AvgIpc) is 3.00. The lowest BCUT2D eigenvalue weighted by Gasteiger charge is -2.23. The normalized spacial score (nSPS) is 12.9. The average molecular weight is 638 g/mol. The van der Waals surface area contributed by atoms with Gasteiger partial charge in [0.05, 0.1) is 17.6 Å². The lowest BCUT2D eigenvalue weighted by molar-refractivity contribution is -0.387. The van der Waals surface area contributed by atoms with E-state index in [9.17, 15) is 28.1 Å². The SMILES string of the molecule is [2H]C([2H])(Cc1c2ccccc2cc2ccccc12)CN(CCCNC(=O)OC(C)(C)C)S(=O)(=O)c1ccc(C(=O)OC)cc1[N+](=O)[O-]. The van der Waals surface area contributed by atoms with Gasteiger partial charge in [-0.1, -0.05) is 48.5 Å². The van der Waals surface area contributed by atoms with Crippen LogP contribution in [0.3, 0.4) is 0 Å². The number of methoxy groups -OCH3 is 1. The van der Waals surface area contributed by atoms with E-state index in [0.717, 1.165) is 51.2 Å². The molecule has 0 fully saturated rings. The van der Waals surface area contributed by atoms with Gasteiger partial charge in [-0.2, -0.15) is 4.31 Å². The Morgan fingerprint density at radius 1 is 0.978 bits per heavy atom. The second-order valence-electron chi connectivity index (χ2n) is 11.3. The van der Waals surface area contributed by atoms with Crippen molar-refractivity contribution in [1.29, 1.82) is 0 Å². The molecule has 4 aromatic rings. The number of fused-ring (bicyclic) bond motifs is 2. The summed E-state index contributed by atoms with van der Waals surface area (Å²) in [4.78, 5) is 34.6. The molecule has 0 unspecified atom stereocenters. The van der Waals surface area contributed by atoms with Gasteiger partial charge in [-0.25, -0.2) is 18.0 Å². The van der Waals surface area contributed by atoms with Crippen molar-refractivity contribution in [2.45, 2.75) is 50.5 Å². The second-order valence-corrected chi connectivity index (χ2v) is 13.2.